The van der Waals surface area contributed by atoms with E-state index in [9.17, 15) is 9.59 Å². The minimum atomic E-state index is -2.14. The number of benzene rings is 1. The number of carbonyl (C=O) groups excluding carboxylic acids is 2. The SMILES string of the molecule is CC(C(=O)O[Si](C)(C)C(C)(C)C)c1ccc(C(=O)c2ccccc2)s1. The highest BCUT2D eigenvalue weighted by Crippen LogP contribution is 2.38. The summed E-state index contributed by atoms with van der Waals surface area (Å²) in [6.45, 7) is 12.3. The van der Waals surface area contributed by atoms with Gasteiger partial charge < -0.3 is 4.43 Å². The van der Waals surface area contributed by atoms with Gasteiger partial charge in [-0.3, -0.25) is 9.59 Å². The number of hydrogen-bond acceptors (Lipinski definition) is 4. The molecule has 1 unspecified atom stereocenters. The maximum Gasteiger partial charge on any atom is 0.300 e. The Hall–Kier alpha value is -1.72. The molecule has 0 fully saturated rings. The number of thiophene rings is 1. The zero-order valence-electron chi connectivity index (χ0n) is 15.8. The van der Waals surface area contributed by atoms with Gasteiger partial charge in [-0.25, -0.2) is 0 Å². The molecule has 0 aliphatic rings. The summed E-state index contributed by atoms with van der Waals surface area (Å²) < 4.78 is 5.89. The lowest BCUT2D eigenvalue weighted by Gasteiger charge is -2.36. The van der Waals surface area contributed by atoms with E-state index in [-0.39, 0.29) is 22.7 Å². The van der Waals surface area contributed by atoms with Crippen LogP contribution >= 0.6 is 11.3 Å². The summed E-state index contributed by atoms with van der Waals surface area (Å²) in [6, 6.07) is 12.8. The van der Waals surface area contributed by atoms with Crippen molar-refractivity contribution in [3.63, 3.8) is 0 Å². The lowest BCUT2D eigenvalue weighted by Crippen LogP contribution is -2.43. The first kappa shape index (κ1) is 19.6. The third-order valence-electron chi connectivity index (χ3n) is 4.83. The molecule has 5 heteroatoms. The molecular formula is C20H26O3SSi. The molecular weight excluding hydrogens is 348 g/mol. The van der Waals surface area contributed by atoms with Gasteiger partial charge in [-0.1, -0.05) is 51.1 Å². The van der Waals surface area contributed by atoms with Crippen LogP contribution in [0.5, 0.6) is 0 Å². The zero-order chi connectivity index (χ0) is 18.8. The average Bonchev–Trinajstić information content (AvgIpc) is 3.02. The predicted octanol–water partition coefficient (Wildman–Crippen LogP) is 5.63. The molecule has 1 aromatic carbocycles. The van der Waals surface area contributed by atoms with Gasteiger partial charge in [0.25, 0.3) is 8.32 Å². The second-order valence-corrected chi connectivity index (χ2v) is 13.6. The van der Waals surface area contributed by atoms with Gasteiger partial charge in [-0.2, -0.15) is 0 Å². The Morgan fingerprint density at radius 1 is 1.04 bits per heavy atom. The normalized spacial score (nSPS) is 13.4. The molecule has 25 heavy (non-hydrogen) atoms. The molecule has 0 saturated heterocycles. The third kappa shape index (κ3) is 4.47. The van der Waals surface area contributed by atoms with E-state index in [0.717, 1.165) is 4.88 Å². The van der Waals surface area contributed by atoms with Crippen molar-refractivity contribution < 1.29 is 14.0 Å². The van der Waals surface area contributed by atoms with Crippen LogP contribution in [0.1, 0.15) is 53.7 Å². The highest BCUT2D eigenvalue weighted by atomic mass is 32.1. The van der Waals surface area contributed by atoms with Crippen molar-refractivity contribution in [3.8, 4) is 0 Å². The van der Waals surface area contributed by atoms with Gasteiger partial charge in [0, 0.05) is 10.4 Å². The average molecular weight is 375 g/mol. The summed E-state index contributed by atoms with van der Waals surface area (Å²) >= 11 is 1.37. The van der Waals surface area contributed by atoms with E-state index >= 15 is 0 Å². The molecule has 1 atom stereocenters. The van der Waals surface area contributed by atoms with Crippen molar-refractivity contribution in [3.05, 3.63) is 57.8 Å². The van der Waals surface area contributed by atoms with Crippen LogP contribution in [0.15, 0.2) is 42.5 Å². The quantitative estimate of drug-likeness (QED) is 0.503. The number of rotatable bonds is 5. The number of ketones is 1. The van der Waals surface area contributed by atoms with E-state index in [1.165, 1.54) is 11.3 Å². The van der Waals surface area contributed by atoms with Crippen LogP contribution < -0.4 is 0 Å². The molecule has 0 saturated carbocycles. The van der Waals surface area contributed by atoms with E-state index in [2.05, 4.69) is 33.9 Å². The van der Waals surface area contributed by atoms with Crippen LogP contribution in [-0.2, 0) is 9.22 Å². The fourth-order valence-electron chi connectivity index (χ4n) is 2.05. The van der Waals surface area contributed by atoms with E-state index in [4.69, 9.17) is 4.43 Å². The predicted molar refractivity (Wildman–Crippen MR) is 106 cm³/mol. The molecule has 0 N–H and O–H groups in total. The maximum atomic E-state index is 12.6. The molecule has 0 radical (unpaired) electrons. The Kier molecular flexibility index (Phi) is 5.69. The van der Waals surface area contributed by atoms with Crippen molar-refractivity contribution in [2.45, 2.75) is 51.7 Å². The summed E-state index contributed by atoms with van der Waals surface area (Å²) in [4.78, 5) is 26.6. The Balaban J connectivity index is 2.14. The minimum Gasteiger partial charge on any atom is -0.519 e. The van der Waals surface area contributed by atoms with Gasteiger partial charge in [-0.15, -0.1) is 11.3 Å². The fraction of sp³-hybridized carbons (Fsp3) is 0.400. The summed E-state index contributed by atoms with van der Waals surface area (Å²) in [5.41, 5.74) is 0.660. The van der Waals surface area contributed by atoms with Gasteiger partial charge in [0.1, 0.15) is 0 Å². The van der Waals surface area contributed by atoms with E-state index in [1.54, 1.807) is 18.2 Å². The summed E-state index contributed by atoms with van der Waals surface area (Å²) in [5, 5.41) is -0.0216. The molecule has 2 rings (SSSR count). The largest absolute Gasteiger partial charge is 0.519 e. The molecule has 0 bridgehead atoms. The van der Waals surface area contributed by atoms with Crippen LogP contribution in [-0.4, -0.2) is 20.1 Å². The second kappa shape index (κ2) is 7.26. The molecule has 0 amide bonds. The Morgan fingerprint density at radius 3 is 2.20 bits per heavy atom. The highest BCUT2D eigenvalue weighted by Gasteiger charge is 2.41. The van der Waals surface area contributed by atoms with Crippen molar-refractivity contribution in [1.82, 2.24) is 0 Å². The Bertz CT molecular complexity index is 757. The van der Waals surface area contributed by atoms with Gasteiger partial charge in [0.15, 0.2) is 0 Å². The van der Waals surface area contributed by atoms with Crippen LogP contribution in [0.4, 0.5) is 0 Å². The molecule has 134 valence electrons. The number of hydrogen-bond donors (Lipinski definition) is 0. The zero-order valence-corrected chi connectivity index (χ0v) is 17.6. The van der Waals surface area contributed by atoms with Crippen molar-refractivity contribution in [2.24, 2.45) is 0 Å². The maximum absolute atomic E-state index is 12.6. The fourth-order valence-corrected chi connectivity index (χ4v) is 4.04. The van der Waals surface area contributed by atoms with Crippen LogP contribution in [0.2, 0.25) is 18.1 Å². The van der Waals surface area contributed by atoms with Crippen LogP contribution in [0, 0.1) is 0 Å². The van der Waals surface area contributed by atoms with Crippen molar-refractivity contribution in [1.29, 1.82) is 0 Å². The summed E-state index contributed by atoms with van der Waals surface area (Å²) in [7, 11) is -2.14. The first-order chi connectivity index (χ1) is 11.5. The van der Waals surface area contributed by atoms with Gasteiger partial charge in [0.2, 0.25) is 5.78 Å². The monoisotopic (exact) mass is 374 g/mol. The minimum absolute atomic E-state index is 0.0122. The van der Waals surface area contributed by atoms with Crippen LogP contribution in [0.25, 0.3) is 0 Å². The highest BCUT2D eigenvalue weighted by molar-refractivity contribution is 7.14. The van der Waals surface area contributed by atoms with E-state index < -0.39 is 8.32 Å². The summed E-state index contributed by atoms with van der Waals surface area (Å²) in [5.74, 6) is -0.578. The lowest BCUT2D eigenvalue weighted by molar-refractivity contribution is -0.136. The Labute approximate surface area is 155 Å². The molecule has 0 aliphatic heterocycles. The third-order valence-corrected chi connectivity index (χ3v) is 10.4. The molecule has 3 nitrogen and oxygen atoms in total. The van der Waals surface area contributed by atoms with Crippen molar-refractivity contribution >= 4 is 31.4 Å². The molecule has 1 heterocycles. The molecule has 2 aromatic rings. The van der Waals surface area contributed by atoms with Gasteiger partial charge >= 0.3 is 5.97 Å². The van der Waals surface area contributed by atoms with E-state index in [1.807, 2.05) is 31.2 Å². The molecule has 0 spiro atoms. The first-order valence-corrected chi connectivity index (χ1v) is 12.2. The Morgan fingerprint density at radius 2 is 1.64 bits per heavy atom. The molecule has 1 aromatic heterocycles. The summed E-state index contributed by atoms with van der Waals surface area (Å²) in [6.07, 6.45) is 0. The number of carbonyl (C=O) groups is 2. The second-order valence-electron chi connectivity index (χ2n) is 7.80. The first-order valence-electron chi connectivity index (χ1n) is 8.45. The van der Waals surface area contributed by atoms with Crippen molar-refractivity contribution in [2.75, 3.05) is 0 Å². The van der Waals surface area contributed by atoms with Gasteiger partial charge in [-0.05, 0) is 37.2 Å². The van der Waals surface area contributed by atoms with E-state index in [0.29, 0.717) is 10.4 Å². The lowest BCUT2D eigenvalue weighted by atomic mass is 10.1. The topological polar surface area (TPSA) is 43.4 Å². The smallest absolute Gasteiger partial charge is 0.300 e. The molecule has 0 aliphatic carbocycles. The standard InChI is InChI=1S/C20H26O3SSi/c1-14(19(22)23-25(5,6)20(2,3)4)16-12-13-17(24-16)18(21)15-10-8-7-9-11-15/h7-14H,1-6H3. The van der Waals surface area contributed by atoms with Crippen LogP contribution in [0.3, 0.4) is 0 Å². The van der Waals surface area contributed by atoms with Gasteiger partial charge in [0.05, 0.1) is 10.8 Å².